The zero-order chi connectivity index (χ0) is 20.7. The summed E-state index contributed by atoms with van der Waals surface area (Å²) < 4.78 is 4.97. The molecule has 5 rings (SSSR count). The highest BCUT2D eigenvalue weighted by Gasteiger charge is 2.15. The Balaban J connectivity index is 1.45. The van der Waals surface area contributed by atoms with E-state index in [1.54, 1.807) is 4.57 Å². The first-order valence-corrected chi connectivity index (χ1v) is 11.0. The molecule has 10 heteroatoms. The lowest BCUT2D eigenvalue weighted by molar-refractivity contribution is -0.116. The van der Waals surface area contributed by atoms with Crippen LogP contribution in [0.15, 0.2) is 65.7 Å². The average Bonchev–Trinajstić information content (AvgIpc) is 3.30. The maximum Gasteiger partial charge on any atom is 0.273 e. The number of carbonyl (C=O) groups excluding carboxylic acids is 1. The Morgan fingerprint density at radius 1 is 1.07 bits per heavy atom. The zero-order valence-electron chi connectivity index (χ0n) is 15.3. The van der Waals surface area contributed by atoms with E-state index >= 15 is 0 Å². The normalized spacial score (nSPS) is 11.2. The Bertz CT molecular complexity index is 1480. The number of nitrogens with one attached hydrogen (secondary N) is 1. The molecule has 148 valence electrons. The number of thiazole rings is 2. The van der Waals surface area contributed by atoms with Crippen LogP contribution in [0.1, 0.15) is 0 Å². The molecule has 3 heterocycles. The summed E-state index contributed by atoms with van der Waals surface area (Å²) >= 11 is 8.02. The molecule has 0 bridgehead atoms. The minimum atomic E-state index is -0.344. The third kappa shape index (κ3) is 3.34. The third-order valence-electron chi connectivity index (χ3n) is 4.43. The lowest BCUT2D eigenvalue weighted by Crippen LogP contribution is -2.27. The maximum atomic E-state index is 12.9. The number of hydrogen-bond acceptors (Lipinski definition) is 7. The number of para-hydroxylation sites is 2. The molecule has 2 aromatic carbocycles. The van der Waals surface area contributed by atoms with Gasteiger partial charge in [-0.05, 0) is 36.5 Å². The van der Waals surface area contributed by atoms with Crippen LogP contribution in [0.3, 0.4) is 0 Å². The zero-order valence-corrected chi connectivity index (χ0v) is 17.8. The number of rotatable bonds is 4. The molecule has 3 aromatic heterocycles. The van der Waals surface area contributed by atoms with E-state index < -0.39 is 0 Å². The lowest BCUT2D eigenvalue weighted by Gasteiger charge is -2.06. The van der Waals surface area contributed by atoms with Gasteiger partial charge in [-0.3, -0.25) is 18.7 Å². The molecule has 0 atom stereocenters. The van der Waals surface area contributed by atoms with E-state index in [4.69, 9.17) is 12.2 Å². The number of aromatic nitrogens is 4. The van der Waals surface area contributed by atoms with Gasteiger partial charge in [0.05, 0.1) is 10.2 Å². The second kappa shape index (κ2) is 7.56. The van der Waals surface area contributed by atoms with Crippen molar-refractivity contribution < 1.29 is 4.79 Å². The van der Waals surface area contributed by atoms with Crippen molar-refractivity contribution in [3.63, 3.8) is 0 Å². The SMILES string of the molecule is O=C(Cn1cnc2c(sc(=S)n2-c2ccccc2)c1=O)Nc1nc2ccccc2s1. The molecule has 1 amide bonds. The summed E-state index contributed by atoms with van der Waals surface area (Å²) in [7, 11) is 0. The summed E-state index contributed by atoms with van der Waals surface area (Å²) in [6.45, 7) is -0.159. The summed E-state index contributed by atoms with van der Waals surface area (Å²) in [5, 5.41) is 3.25. The first-order valence-electron chi connectivity index (χ1n) is 8.92. The molecular weight excluding hydrogens is 438 g/mol. The van der Waals surface area contributed by atoms with Crippen molar-refractivity contribution in [2.45, 2.75) is 6.54 Å². The van der Waals surface area contributed by atoms with Gasteiger partial charge in [-0.1, -0.05) is 53.0 Å². The minimum Gasteiger partial charge on any atom is -0.300 e. The number of nitrogens with zero attached hydrogens (tertiary/aromatic N) is 4. The second-order valence-electron chi connectivity index (χ2n) is 6.40. The van der Waals surface area contributed by atoms with Crippen LogP contribution < -0.4 is 10.9 Å². The van der Waals surface area contributed by atoms with Crippen molar-refractivity contribution in [1.29, 1.82) is 0 Å². The van der Waals surface area contributed by atoms with Crippen molar-refractivity contribution >= 4 is 66.5 Å². The van der Waals surface area contributed by atoms with Gasteiger partial charge in [-0.25, -0.2) is 9.97 Å². The van der Waals surface area contributed by atoms with Crippen LogP contribution in [0.25, 0.3) is 26.3 Å². The molecule has 1 N–H and O–H groups in total. The van der Waals surface area contributed by atoms with Gasteiger partial charge in [-0.15, -0.1) is 0 Å². The molecule has 0 aliphatic heterocycles. The van der Waals surface area contributed by atoms with Crippen molar-refractivity contribution in [2.75, 3.05) is 5.32 Å². The van der Waals surface area contributed by atoms with E-state index in [-0.39, 0.29) is 18.0 Å². The number of fused-ring (bicyclic) bond motifs is 2. The van der Waals surface area contributed by atoms with Crippen molar-refractivity contribution in [2.24, 2.45) is 0 Å². The van der Waals surface area contributed by atoms with Crippen LogP contribution in [0.4, 0.5) is 5.13 Å². The van der Waals surface area contributed by atoms with Gasteiger partial charge in [0.2, 0.25) is 5.91 Å². The minimum absolute atomic E-state index is 0.159. The number of hydrogen-bond donors (Lipinski definition) is 1. The van der Waals surface area contributed by atoms with E-state index in [0.717, 1.165) is 15.9 Å². The summed E-state index contributed by atoms with van der Waals surface area (Å²) in [5.74, 6) is -0.344. The van der Waals surface area contributed by atoms with Gasteiger partial charge in [0, 0.05) is 5.69 Å². The first kappa shape index (κ1) is 18.8. The highest BCUT2D eigenvalue weighted by molar-refractivity contribution is 7.73. The largest absolute Gasteiger partial charge is 0.300 e. The van der Waals surface area contributed by atoms with Crippen LogP contribution in [-0.4, -0.2) is 25.0 Å². The molecule has 0 saturated carbocycles. The Hall–Kier alpha value is -3.21. The summed E-state index contributed by atoms with van der Waals surface area (Å²) in [6.07, 6.45) is 1.38. The highest BCUT2D eigenvalue weighted by Crippen LogP contribution is 2.25. The van der Waals surface area contributed by atoms with Crippen LogP contribution in [0.2, 0.25) is 0 Å². The Morgan fingerprint density at radius 2 is 1.83 bits per heavy atom. The number of carbonyl (C=O) groups is 1. The van der Waals surface area contributed by atoms with Gasteiger partial charge in [-0.2, -0.15) is 0 Å². The average molecular weight is 452 g/mol. The van der Waals surface area contributed by atoms with E-state index in [0.29, 0.717) is 19.4 Å². The van der Waals surface area contributed by atoms with E-state index in [2.05, 4.69) is 15.3 Å². The van der Waals surface area contributed by atoms with Gasteiger partial charge >= 0.3 is 0 Å². The quantitative estimate of drug-likeness (QED) is 0.414. The fourth-order valence-corrected chi connectivity index (χ4v) is 5.31. The van der Waals surface area contributed by atoms with Crippen molar-refractivity contribution in [3.8, 4) is 5.69 Å². The fraction of sp³-hybridized carbons (Fsp3) is 0.0500. The van der Waals surface area contributed by atoms with E-state index in [1.807, 2.05) is 54.6 Å². The molecule has 0 fully saturated rings. The maximum absolute atomic E-state index is 12.9. The molecular formula is C20H13N5O2S3. The van der Waals surface area contributed by atoms with Gasteiger partial charge in [0.25, 0.3) is 5.56 Å². The highest BCUT2D eigenvalue weighted by atomic mass is 32.1. The number of anilines is 1. The third-order valence-corrected chi connectivity index (χ3v) is 6.73. The van der Waals surface area contributed by atoms with Crippen LogP contribution >= 0.6 is 34.9 Å². The number of benzene rings is 2. The fourth-order valence-electron chi connectivity index (χ4n) is 3.09. The predicted molar refractivity (Wildman–Crippen MR) is 122 cm³/mol. The van der Waals surface area contributed by atoms with Gasteiger partial charge < -0.3 is 5.32 Å². The lowest BCUT2D eigenvalue weighted by atomic mass is 10.3. The molecule has 5 aromatic rings. The standard InChI is InChI=1S/C20H13N5O2S3/c26-15(23-19-22-13-8-4-5-9-14(13)29-19)10-24-11-21-17-16(18(24)27)30-20(28)25(17)12-6-2-1-3-7-12/h1-9,11H,10H2,(H,22,23,26). The molecule has 0 radical (unpaired) electrons. The second-order valence-corrected chi connectivity index (χ2v) is 9.08. The van der Waals surface area contributed by atoms with Gasteiger partial charge in [0.15, 0.2) is 14.7 Å². The smallest absolute Gasteiger partial charge is 0.273 e. The molecule has 0 aliphatic carbocycles. The number of amides is 1. The molecule has 0 spiro atoms. The molecule has 0 saturated heterocycles. The monoisotopic (exact) mass is 451 g/mol. The summed E-state index contributed by atoms with van der Waals surface area (Å²) in [4.78, 5) is 34.2. The molecule has 30 heavy (non-hydrogen) atoms. The Labute approximate surface area is 182 Å². The van der Waals surface area contributed by atoms with Crippen LogP contribution in [0.5, 0.6) is 0 Å². The van der Waals surface area contributed by atoms with Crippen LogP contribution in [-0.2, 0) is 11.3 Å². The summed E-state index contributed by atoms with van der Waals surface area (Å²) in [5.41, 5.74) is 1.85. The Morgan fingerprint density at radius 3 is 2.63 bits per heavy atom. The topological polar surface area (TPSA) is 81.8 Å². The van der Waals surface area contributed by atoms with E-state index in [9.17, 15) is 9.59 Å². The van der Waals surface area contributed by atoms with E-state index in [1.165, 1.54) is 33.6 Å². The van der Waals surface area contributed by atoms with Gasteiger partial charge in [0.1, 0.15) is 17.6 Å². The first-order chi connectivity index (χ1) is 14.6. The van der Waals surface area contributed by atoms with Crippen molar-refractivity contribution in [3.05, 3.63) is 75.2 Å². The molecule has 0 unspecified atom stereocenters. The van der Waals surface area contributed by atoms with Crippen molar-refractivity contribution in [1.82, 2.24) is 19.1 Å². The molecule has 7 nitrogen and oxygen atoms in total. The predicted octanol–water partition coefficient (Wildman–Crippen LogP) is 4.23. The molecule has 0 aliphatic rings. The summed E-state index contributed by atoms with van der Waals surface area (Å²) in [6, 6.07) is 17.1. The Kier molecular flexibility index (Phi) is 4.74. The van der Waals surface area contributed by atoms with Crippen LogP contribution in [0, 0.1) is 3.95 Å².